The first kappa shape index (κ1) is 79.6. The molecule has 0 amide bonds. The van der Waals surface area contributed by atoms with Crippen LogP contribution in [-0.4, -0.2) is 37.2 Å². The first-order valence-corrected chi connectivity index (χ1v) is 36.1. The minimum atomic E-state index is -0.777. The Morgan fingerprint density at radius 2 is 0.470 bits per heavy atom. The lowest BCUT2D eigenvalue weighted by Crippen LogP contribution is -2.30. The molecule has 0 radical (unpaired) electrons. The van der Waals surface area contributed by atoms with E-state index in [1.807, 2.05) is 0 Å². The van der Waals surface area contributed by atoms with E-state index in [-0.39, 0.29) is 31.1 Å². The summed E-state index contributed by atoms with van der Waals surface area (Å²) >= 11 is 0. The topological polar surface area (TPSA) is 78.9 Å². The third-order valence-electron chi connectivity index (χ3n) is 15.9. The standard InChI is InChI=1S/C77H136O6/c1-4-7-10-13-16-19-22-25-27-29-31-33-34-35-36-37-38-39-40-41-42-44-45-47-49-52-55-58-61-64-67-70-76(79)82-73-74(72-81-75(78)69-66-63-60-57-54-51-24-21-18-15-12-9-6-3)83-77(80)71-68-65-62-59-56-53-50-48-46-43-32-30-28-26-23-20-17-14-11-8-5-2/h7,10,16,19,25,27,31,33,35-36,38-39,41-42,74H,4-6,8-9,11-15,17-18,20-24,26,28-30,32,34,37,40,43-73H2,1-3H3/b10-7-,19-16-,27-25-,33-31-,36-35-,39-38-,42-41-. The molecule has 0 aromatic rings. The van der Waals surface area contributed by atoms with Gasteiger partial charge in [-0.15, -0.1) is 0 Å². The molecule has 0 spiro atoms. The molecular formula is C77H136O6. The lowest BCUT2D eigenvalue weighted by Gasteiger charge is -2.18. The van der Waals surface area contributed by atoms with Crippen molar-refractivity contribution in [1.29, 1.82) is 0 Å². The van der Waals surface area contributed by atoms with Crippen molar-refractivity contribution in [1.82, 2.24) is 0 Å². The van der Waals surface area contributed by atoms with Crippen LogP contribution >= 0.6 is 0 Å². The summed E-state index contributed by atoms with van der Waals surface area (Å²) in [5.74, 6) is -0.855. The lowest BCUT2D eigenvalue weighted by molar-refractivity contribution is -0.167. The highest BCUT2D eigenvalue weighted by atomic mass is 16.6. The Hall–Kier alpha value is -3.41. The Bertz CT molecular complexity index is 1570. The van der Waals surface area contributed by atoms with E-state index in [9.17, 15) is 14.4 Å². The van der Waals surface area contributed by atoms with Gasteiger partial charge >= 0.3 is 17.9 Å². The minimum absolute atomic E-state index is 0.0720. The van der Waals surface area contributed by atoms with Gasteiger partial charge in [0.1, 0.15) is 13.2 Å². The lowest BCUT2D eigenvalue weighted by atomic mass is 10.0. The number of ether oxygens (including phenoxy) is 3. The number of hydrogen-bond acceptors (Lipinski definition) is 6. The summed E-state index contributed by atoms with van der Waals surface area (Å²) in [7, 11) is 0. The van der Waals surface area contributed by atoms with Crippen LogP contribution in [-0.2, 0) is 28.6 Å². The van der Waals surface area contributed by atoms with Crippen molar-refractivity contribution in [3.8, 4) is 0 Å². The van der Waals surface area contributed by atoms with Gasteiger partial charge in [0.2, 0.25) is 0 Å². The maximum atomic E-state index is 13.0. The van der Waals surface area contributed by atoms with Gasteiger partial charge in [-0.3, -0.25) is 14.4 Å². The van der Waals surface area contributed by atoms with E-state index in [2.05, 4.69) is 106 Å². The summed E-state index contributed by atoms with van der Waals surface area (Å²) in [6, 6.07) is 0. The molecule has 6 nitrogen and oxygen atoms in total. The molecule has 0 aliphatic carbocycles. The van der Waals surface area contributed by atoms with E-state index in [4.69, 9.17) is 14.2 Å². The Morgan fingerprint density at radius 3 is 0.735 bits per heavy atom. The van der Waals surface area contributed by atoms with Gasteiger partial charge in [0.15, 0.2) is 6.10 Å². The third kappa shape index (κ3) is 69.3. The minimum Gasteiger partial charge on any atom is -0.462 e. The van der Waals surface area contributed by atoms with Crippen molar-refractivity contribution in [2.75, 3.05) is 13.2 Å². The number of carbonyl (C=O) groups excluding carboxylic acids is 3. The average Bonchev–Trinajstić information content (AvgIpc) is 3.49. The van der Waals surface area contributed by atoms with Crippen LogP contribution in [0.4, 0.5) is 0 Å². The number of carbonyl (C=O) groups is 3. The van der Waals surface area contributed by atoms with Crippen molar-refractivity contribution in [2.24, 2.45) is 0 Å². The van der Waals surface area contributed by atoms with Crippen LogP contribution in [0.2, 0.25) is 0 Å². The molecule has 1 atom stereocenters. The smallest absolute Gasteiger partial charge is 0.306 e. The fourth-order valence-corrected chi connectivity index (χ4v) is 10.5. The molecule has 0 fully saturated rings. The van der Waals surface area contributed by atoms with Crippen LogP contribution in [0.15, 0.2) is 85.1 Å². The summed E-state index contributed by atoms with van der Waals surface area (Å²) in [5, 5.41) is 0. The molecule has 0 saturated heterocycles. The Balaban J connectivity index is 4.26. The van der Waals surface area contributed by atoms with Gasteiger partial charge in [0, 0.05) is 19.3 Å². The number of allylic oxidation sites excluding steroid dienone is 14. The van der Waals surface area contributed by atoms with E-state index < -0.39 is 6.10 Å². The molecule has 0 heterocycles. The molecule has 0 saturated carbocycles. The van der Waals surface area contributed by atoms with Gasteiger partial charge in [0.05, 0.1) is 0 Å². The van der Waals surface area contributed by atoms with Gasteiger partial charge < -0.3 is 14.2 Å². The van der Waals surface area contributed by atoms with Gasteiger partial charge in [-0.1, -0.05) is 356 Å². The summed E-state index contributed by atoms with van der Waals surface area (Å²) in [5.41, 5.74) is 0. The van der Waals surface area contributed by atoms with Gasteiger partial charge in [0.25, 0.3) is 0 Å². The number of esters is 3. The first-order chi connectivity index (χ1) is 41.0. The summed E-state index contributed by atoms with van der Waals surface area (Å²) in [6.45, 7) is 6.58. The summed E-state index contributed by atoms with van der Waals surface area (Å²) in [4.78, 5) is 38.4. The zero-order valence-corrected chi connectivity index (χ0v) is 55.2. The van der Waals surface area contributed by atoms with E-state index in [0.717, 1.165) is 109 Å². The molecule has 0 aliphatic rings. The quantitative estimate of drug-likeness (QED) is 0.0261. The summed E-state index contributed by atoms with van der Waals surface area (Å²) < 4.78 is 17.0. The monoisotopic (exact) mass is 1160 g/mol. The van der Waals surface area contributed by atoms with Crippen molar-refractivity contribution < 1.29 is 28.6 Å². The fraction of sp³-hybridized carbons (Fsp3) is 0.779. The second-order valence-electron chi connectivity index (χ2n) is 24.1. The highest BCUT2D eigenvalue weighted by molar-refractivity contribution is 5.71. The Morgan fingerprint density at radius 1 is 0.253 bits per heavy atom. The van der Waals surface area contributed by atoms with Crippen molar-refractivity contribution in [2.45, 2.75) is 374 Å². The maximum absolute atomic E-state index is 13.0. The van der Waals surface area contributed by atoms with Gasteiger partial charge in [-0.2, -0.15) is 0 Å². The van der Waals surface area contributed by atoms with E-state index >= 15 is 0 Å². The summed E-state index contributed by atoms with van der Waals surface area (Å²) in [6.07, 6.45) is 94.7. The predicted octanol–water partition coefficient (Wildman–Crippen LogP) is 25.0. The van der Waals surface area contributed by atoms with Crippen LogP contribution in [0.1, 0.15) is 367 Å². The molecule has 0 aromatic heterocycles. The van der Waals surface area contributed by atoms with Crippen LogP contribution in [0.25, 0.3) is 0 Å². The molecule has 0 bridgehead atoms. The number of hydrogen-bond donors (Lipinski definition) is 0. The Kier molecular flexibility index (Phi) is 68.2. The van der Waals surface area contributed by atoms with Crippen LogP contribution in [0.3, 0.4) is 0 Å². The third-order valence-corrected chi connectivity index (χ3v) is 15.9. The fourth-order valence-electron chi connectivity index (χ4n) is 10.5. The van der Waals surface area contributed by atoms with Crippen LogP contribution in [0, 0.1) is 0 Å². The number of rotatable bonds is 66. The molecule has 83 heavy (non-hydrogen) atoms. The zero-order valence-electron chi connectivity index (χ0n) is 55.2. The van der Waals surface area contributed by atoms with Crippen molar-refractivity contribution in [3.63, 3.8) is 0 Å². The maximum Gasteiger partial charge on any atom is 0.306 e. The molecule has 0 N–H and O–H groups in total. The molecule has 1 unspecified atom stereocenters. The Labute approximate surface area is 515 Å². The second kappa shape index (κ2) is 71.1. The van der Waals surface area contributed by atoms with E-state index in [1.54, 1.807) is 0 Å². The molecule has 0 aliphatic heterocycles. The highest BCUT2D eigenvalue weighted by Gasteiger charge is 2.19. The van der Waals surface area contributed by atoms with Crippen LogP contribution in [0.5, 0.6) is 0 Å². The van der Waals surface area contributed by atoms with E-state index in [0.29, 0.717) is 19.3 Å². The molecular weight excluding hydrogens is 1020 g/mol. The second-order valence-corrected chi connectivity index (χ2v) is 24.1. The van der Waals surface area contributed by atoms with E-state index in [1.165, 1.54) is 218 Å². The first-order valence-electron chi connectivity index (χ1n) is 36.1. The molecule has 6 heteroatoms. The van der Waals surface area contributed by atoms with Crippen molar-refractivity contribution in [3.05, 3.63) is 85.1 Å². The van der Waals surface area contributed by atoms with Gasteiger partial charge in [-0.05, 0) is 77.0 Å². The van der Waals surface area contributed by atoms with Gasteiger partial charge in [-0.25, -0.2) is 0 Å². The predicted molar refractivity (Wildman–Crippen MR) is 362 cm³/mol. The highest BCUT2D eigenvalue weighted by Crippen LogP contribution is 2.18. The molecule has 0 aromatic carbocycles. The molecule has 0 rings (SSSR count). The molecule has 480 valence electrons. The average molecular weight is 1160 g/mol. The van der Waals surface area contributed by atoms with Crippen LogP contribution < -0.4 is 0 Å². The van der Waals surface area contributed by atoms with Crippen molar-refractivity contribution >= 4 is 17.9 Å². The normalized spacial score (nSPS) is 12.6. The SMILES string of the molecule is CC/C=C\C/C=C\C/C=C\C/C=C\C/C=C\C/C=C\C/C=C\CCCCCCCCCCCC(=O)OCC(COC(=O)CCCCCCCCCCCCCCC)OC(=O)CCCCCCCCCCCCCCCCCCCCCCC. The largest absolute Gasteiger partial charge is 0.462 e. The number of unbranched alkanes of at least 4 members (excludes halogenated alkanes) is 41. The zero-order chi connectivity index (χ0) is 59.9.